The average Bonchev–Trinajstić information content (AvgIpc) is 3.02. The van der Waals surface area contributed by atoms with Crippen LogP contribution in [0.2, 0.25) is 0 Å². The first-order valence-electron chi connectivity index (χ1n) is 8.44. The van der Waals surface area contributed by atoms with Gasteiger partial charge in [-0.15, -0.1) is 0 Å². The quantitative estimate of drug-likeness (QED) is 0.645. The van der Waals surface area contributed by atoms with E-state index in [0.29, 0.717) is 53.6 Å². The highest BCUT2D eigenvalue weighted by molar-refractivity contribution is 6.14. The number of halogens is 1. The Labute approximate surface area is 147 Å². The number of aromatic nitrogens is 1. The Balaban J connectivity index is 1.88. The lowest BCUT2D eigenvalue weighted by Gasteiger charge is -2.18. The Morgan fingerprint density at radius 3 is 2.84 bits per heavy atom. The highest BCUT2D eigenvalue weighted by atomic mass is 19.1. The number of nitrogens with two attached hydrogens (primary N) is 1. The molecule has 5 nitrogen and oxygen atoms in total. The summed E-state index contributed by atoms with van der Waals surface area (Å²) < 4.78 is 19.1. The van der Waals surface area contributed by atoms with Crippen LogP contribution >= 0.6 is 0 Å². The maximum atomic E-state index is 13.4. The van der Waals surface area contributed by atoms with Gasteiger partial charge in [-0.3, -0.25) is 5.41 Å². The van der Waals surface area contributed by atoms with Crippen molar-refractivity contribution in [3.8, 4) is 5.75 Å². The van der Waals surface area contributed by atoms with Gasteiger partial charge in [0, 0.05) is 29.6 Å². The zero-order valence-corrected chi connectivity index (χ0v) is 14.5. The standard InChI is InChI=1S/C19H23FN4O/c1-12(2)25-15-3-4-17(21)16(10-15)19(22)13-5-7-23-18(9-13)24-8-6-14(20)11-24/h3-5,7,9-10,12,14,22H,6,8,11,21H2,1-2H3/t14-/m1/s1. The van der Waals surface area contributed by atoms with Crippen molar-refractivity contribution < 1.29 is 9.13 Å². The van der Waals surface area contributed by atoms with Crippen LogP contribution in [-0.2, 0) is 0 Å². The minimum atomic E-state index is -0.814. The molecule has 132 valence electrons. The smallest absolute Gasteiger partial charge is 0.129 e. The minimum absolute atomic E-state index is 0.0435. The van der Waals surface area contributed by atoms with Crippen LogP contribution in [0, 0.1) is 5.41 Å². The summed E-state index contributed by atoms with van der Waals surface area (Å²) >= 11 is 0. The summed E-state index contributed by atoms with van der Waals surface area (Å²) in [7, 11) is 0. The third-order valence-corrected chi connectivity index (χ3v) is 4.15. The Bertz CT molecular complexity index is 778. The molecule has 1 saturated heterocycles. The summed E-state index contributed by atoms with van der Waals surface area (Å²) in [6, 6.07) is 8.92. The molecule has 1 fully saturated rings. The van der Waals surface area contributed by atoms with Crippen LogP contribution in [0.1, 0.15) is 31.4 Å². The summed E-state index contributed by atoms with van der Waals surface area (Å²) in [6.45, 7) is 4.89. The lowest BCUT2D eigenvalue weighted by Crippen LogP contribution is -2.21. The summed E-state index contributed by atoms with van der Waals surface area (Å²) in [5.74, 6) is 1.37. The van der Waals surface area contributed by atoms with Crippen molar-refractivity contribution in [2.24, 2.45) is 0 Å². The summed E-state index contributed by atoms with van der Waals surface area (Å²) in [6.07, 6.45) is 1.40. The molecule has 1 aliphatic heterocycles. The number of pyridine rings is 1. The number of benzene rings is 1. The fourth-order valence-electron chi connectivity index (χ4n) is 2.93. The predicted molar refractivity (Wildman–Crippen MR) is 98.5 cm³/mol. The first-order chi connectivity index (χ1) is 11.9. The molecule has 3 N–H and O–H groups in total. The van der Waals surface area contributed by atoms with Crippen LogP contribution in [0.4, 0.5) is 15.9 Å². The van der Waals surface area contributed by atoms with Gasteiger partial charge in [0.25, 0.3) is 0 Å². The van der Waals surface area contributed by atoms with Gasteiger partial charge in [-0.25, -0.2) is 9.37 Å². The van der Waals surface area contributed by atoms with Gasteiger partial charge in [0.05, 0.1) is 18.4 Å². The summed E-state index contributed by atoms with van der Waals surface area (Å²) in [5, 5.41) is 8.54. The molecule has 3 rings (SSSR count). The highest BCUT2D eigenvalue weighted by Crippen LogP contribution is 2.25. The Morgan fingerprint density at radius 1 is 1.36 bits per heavy atom. The molecule has 6 heteroatoms. The maximum absolute atomic E-state index is 13.4. The molecule has 1 aromatic heterocycles. The second-order valence-electron chi connectivity index (χ2n) is 6.53. The third kappa shape index (κ3) is 3.90. The predicted octanol–water partition coefficient (Wildman–Crippen LogP) is 3.42. The van der Waals surface area contributed by atoms with Crippen LogP contribution in [0.5, 0.6) is 5.75 Å². The molecule has 0 amide bonds. The van der Waals surface area contributed by atoms with Crippen LogP contribution in [0.3, 0.4) is 0 Å². The van der Waals surface area contributed by atoms with Crippen molar-refractivity contribution in [1.29, 1.82) is 5.41 Å². The summed E-state index contributed by atoms with van der Waals surface area (Å²) in [4.78, 5) is 6.22. The van der Waals surface area contributed by atoms with Gasteiger partial charge in [0.2, 0.25) is 0 Å². The number of nitrogens with zero attached hydrogens (tertiary/aromatic N) is 2. The first-order valence-corrected chi connectivity index (χ1v) is 8.44. The molecule has 25 heavy (non-hydrogen) atoms. The number of nitrogens with one attached hydrogen (secondary N) is 1. The van der Waals surface area contributed by atoms with Gasteiger partial charge in [-0.05, 0) is 50.6 Å². The van der Waals surface area contributed by atoms with E-state index in [1.807, 2.05) is 24.8 Å². The van der Waals surface area contributed by atoms with Gasteiger partial charge in [-0.2, -0.15) is 0 Å². The van der Waals surface area contributed by atoms with E-state index in [9.17, 15) is 4.39 Å². The molecule has 0 aliphatic carbocycles. The lowest BCUT2D eigenvalue weighted by molar-refractivity contribution is 0.242. The fourth-order valence-corrected chi connectivity index (χ4v) is 2.93. The molecule has 2 heterocycles. The number of hydrogen-bond acceptors (Lipinski definition) is 5. The zero-order valence-electron chi connectivity index (χ0n) is 14.5. The Kier molecular flexibility index (Phi) is 4.88. The van der Waals surface area contributed by atoms with E-state index < -0.39 is 6.17 Å². The number of nitrogen functional groups attached to an aromatic ring is 1. The van der Waals surface area contributed by atoms with Crippen LogP contribution in [0.15, 0.2) is 36.5 Å². The minimum Gasteiger partial charge on any atom is -0.491 e. The second-order valence-corrected chi connectivity index (χ2v) is 6.53. The molecule has 1 aromatic carbocycles. The largest absolute Gasteiger partial charge is 0.491 e. The first kappa shape index (κ1) is 17.2. The van der Waals surface area contributed by atoms with E-state index in [0.717, 1.165) is 0 Å². The molecule has 0 bridgehead atoms. The molecule has 0 spiro atoms. The van der Waals surface area contributed by atoms with Gasteiger partial charge < -0.3 is 15.4 Å². The van der Waals surface area contributed by atoms with Gasteiger partial charge >= 0.3 is 0 Å². The number of anilines is 2. The Hall–Kier alpha value is -2.63. The van der Waals surface area contributed by atoms with Crippen LogP contribution in [-0.4, -0.2) is 36.1 Å². The van der Waals surface area contributed by atoms with Crippen LogP contribution in [0.25, 0.3) is 0 Å². The normalized spacial score (nSPS) is 17.1. The number of hydrogen-bond donors (Lipinski definition) is 2. The molecule has 0 saturated carbocycles. The van der Waals surface area contributed by atoms with E-state index in [1.165, 1.54) is 0 Å². The molecule has 0 unspecified atom stereocenters. The van der Waals surface area contributed by atoms with Gasteiger partial charge in [0.15, 0.2) is 0 Å². The lowest BCUT2D eigenvalue weighted by atomic mass is 10.0. The number of ether oxygens (including phenoxy) is 1. The molecule has 1 atom stereocenters. The molecular weight excluding hydrogens is 319 g/mol. The van der Waals surface area contributed by atoms with Crippen molar-refractivity contribution in [1.82, 2.24) is 4.98 Å². The van der Waals surface area contributed by atoms with Crippen molar-refractivity contribution in [3.63, 3.8) is 0 Å². The highest BCUT2D eigenvalue weighted by Gasteiger charge is 2.23. The topological polar surface area (TPSA) is 75.2 Å². The maximum Gasteiger partial charge on any atom is 0.129 e. The van der Waals surface area contributed by atoms with E-state index in [-0.39, 0.29) is 6.10 Å². The monoisotopic (exact) mass is 342 g/mol. The van der Waals surface area contributed by atoms with Gasteiger partial charge in [-0.1, -0.05) is 0 Å². The average molecular weight is 342 g/mol. The number of rotatable bonds is 5. The van der Waals surface area contributed by atoms with E-state index in [1.54, 1.807) is 30.5 Å². The van der Waals surface area contributed by atoms with Gasteiger partial charge in [0.1, 0.15) is 17.7 Å². The SMILES string of the molecule is CC(C)Oc1ccc(N)c(C(=N)c2ccnc(N3CC[C@@H](F)C3)c2)c1. The number of alkyl halides is 1. The fraction of sp³-hybridized carbons (Fsp3) is 0.368. The van der Waals surface area contributed by atoms with Crippen LogP contribution < -0.4 is 15.4 Å². The molecule has 2 aromatic rings. The van der Waals surface area contributed by atoms with Crippen molar-refractivity contribution in [3.05, 3.63) is 47.7 Å². The summed E-state index contributed by atoms with van der Waals surface area (Å²) in [5.41, 5.74) is 8.19. The molecule has 1 aliphatic rings. The Morgan fingerprint density at radius 2 is 2.16 bits per heavy atom. The van der Waals surface area contributed by atoms with E-state index in [2.05, 4.69) is 4.98 Å². The van der Waals surface area contributed by atoms with Crippen molar-refractivity contribution in [2.45, 2.75) is 32.5 Å². The van der Waals surface area contributed by atoms with E-state index >= 15 is 0 Å². The third-order valence-electron chi connectivity index (χ3n) is 4.15. The zero-order chi connectivity index (χ0) is 18.0. The van der Waals surface area contributed by atoms with Crippen molar-refractivity contribution >= 4 is 17.2 Å². The molecule has 0 radical (unpaired) electrons. The molecular formula is C19H23FN4O. The second kappa shape index (κ2) is 7.09. The van der Waals surface area contributed by atoms with E-state index in [4.69, 9.17) is 15.9 Å². The van der Waals surface area contributed by atoms with Crippen molar-refractivity contribution in [2.75, 3.05) is 23.7 Å².